The van der Waals surface area contributed by atoms with E-state index in [1.54, 1.807) is 12.4 Å². The summed E-state index contributed by atoms with van der Waals surface area (Å²) in [5.74, 6) is 1.38. The van der Waals surface area contributed by atoms with E-state index in [2.05, 4.69) is 20.7 Å². The number of nitrogens with one attached hydrogen (secondary N) is 2. The van der Waals surface area contributed by atoms with Crippen molar-refractivity contribution in [2.45, 2.75) is 38.6 Å². The number of nitrogens with zero attached hydrogens (tertiary/aromatic N) is 3. The number of piperidine rings is 1. The number of amides is 1. The van der Waals surface area contributed by atoms with Gasteiger partial charge in [-0.15, -0.1) is 24.8 Å². The van der Waals surface area contributed by atoms with Crippen LogP contribution in [0.4, 0.5) is 5.82 Å². The minimum absolute atomic E-state index is 0. The van der Waals surface area contributed by atoms with Gasteiger partial charge in [-0.2, -0.15) is 5.10 Å². The molecule has 144 valence electrons. The lowest BCUT2D eigenvalue weighted by Crippen LogP contribution is -2.28. The van der Waals surface area contributed by atoms with E-state index >= 15 is 0 Å². The van der Waals surface area contributed by atoms with Crippen LogP contribution < -0.4 is 10.6 Å². The van der Waals surface area contributed by atoms with Crippen LogP contribution in [0.15, 0.2) is 36.8 Å². The van der Waals surface area contributed by atoms with Crippen molar-refractivity contribution in [1.82, 2.24) is 20.1 Å². The molecular weight excluding hydrogens is 373 g/mol. The molecule has 0 aromatic carbocycles. The molecule has 1 saturated heterocycles. The third-order valence-electron chi connectivity index (χ3n) is 4.53. The van der Waals surface area contributed by atoms with Crippen molar-refractivity contribution in [2.75, 3.05) is 18.4 Å². The second-order valence-electron chi connectivity index (χ2n) is 6.35. The number of aromatic nitrogens is 3. The standard InChI is InChI=1S/C18H25N5O.2ClH/c24-18(2-1-15-3-9-19-10-4-15)21-17-8-14-23(22-17)13-7-16-5-11-20-12-6-16;;/h5-6,8,11-12,14-15,19H,1-4,7,9-10,13H2,(H,21,22,24);2*1H. The van der Waals surface area contributed by atoms with E-state index in [1.807, 2.05) is 29.1 Å². The quantitative estimate of drug-likeness (QED) is 0.749. The summed E-state index contributed by atoms with van der Waals surface area (Å²) >= 11 is 0. The molecular formula is C18H27Cl2N5O. The molecule has 1 aliphatic rings. The van der Waals surface area contributed by atoms with Crippen LogP contribution in [0, 0.1) is 5.92 Å². The molecule has 1 amide bonds. The predicted molar refractivity (Wildman–Crippen MR) is 108 cm³/mol. The maximum Gasteiger partial charge on any atom is 0.225 e. The average Bonchev–Trinajstić information content (AvgIpc) is 3.07. The Morgan fingerprint density at radius 1 is 1.19 bits per heavy atom. The fraction of sp³-hybridized carbons (Fsp3) is 0.500. The number of hydrogen-bond acceptors (Lipinski definition) is 4. The zero-order chi connectivity index (χ0) is 16.6. The normalized spacial score (nSPS) is 14.2. The predicted octanol–water partition coefficient (Wildman–Crippen LogP) is 3.08. The zero-order valence-corrected chi connectivity index (χ0v) is 16.4. The molecule has 0 aliphatic carbocycles. The number of aryl methyl sites for hydroxylation is 2. The molecule has 26 heavy (non-hydrogen) atoms. The molecule has 0 radical (unpaired) electrons. The summed E-state index contributed by atoms with van der Waals surface area (Å²) in [6.45, 7) is 2.94. The van der Waals surface area contributed by atoms with Gasteiger partial charge in [0.15, 0.2) is 5.82 Å². The topological polar surface area (TPSA) is 71.8 Å². The number of carbonyl (C=O) groups is 1. The lowest BCUT2D eigenvalue weighted by molar-refractivity contribution is -0.116. The molecule has 0 spiro atoms. The van der Waals surface area contributed by atoms with Crippen molar-refractivity contribution in [3.63, 3.8) is 0 Å². The van der Waals surface area contributed by atoms with Gasteiger partial charge in [-0.05, 0) is 62.4 Å². The molecule has 2 aromatic rings. The van der Waals surface area contributed by atoms with E-state index in [1.165, 1.54) is 18.4 Å². The first-order valence-electron chi connectivity index (χ1n) is 8.72. The van der Waals surface area contributed by atoms with Crippen LogP contribution in [0.5, 0.6) is 0 Å². The number of hydrogen-bond donors (Lipinski definition) is 2. The van der Waals surface area contributed by atoms with Crippen molar-refractivity contribution in [3.05, 3.63) is 42.4 Å². The average molecular weight is 400 g/mol. The molecule has 1 aliphatic heterocycles. The first-order chi connectivity index (χ1) is 11.8. The van der Waals surface area contributed by atoms with E-state index in [0.29, 0.717) is 18.2 Å². The summed E-state index contributed by atoms with van der Waals surface area (Å²) in [5.41, 5.74) is 1.23. The number of halogens is 2. The van der Waals surface area contributed by atoms with Crippen molar-refractivity contribution in [2.24, 2.45) is 5.92 Å². The number of pyridine rings is 1. The molecule has 0 saturated carbocycles. The summed E-state index contributed by atoms with van der Waals surface area (Å²) in [5, 5.41) is 10.7. The number of carbonyl (C=O) groups excluding carboxylic acids is 1. The summed E-state index contributed by atoms with van der Waals surface area (Å²) in [6.07, 6.45) is 10.3. The van der Waals surface area contributed by atoms with Crippen LogP contribution in [0.1, 0.15) is 31.2 Å². The summed E-state index contributed by atoms with van der Waals surface area (Å²) in [7, 11) is 0. The highest BCUT2D eigenvalue weighted by atomic mass is 35.5. The van der Waals surface area contributed by atoms with Crippen LogP contribution in [0.3, 0.4) is 0 Å². The Hall–Kier alpha value is -1.63. The second kappa shape index (κ2) is 11.9. The third kappa shape index (κ3) is 7.32. The van der Waals surface area contributed by atoms with Crippen LogP contribution in [0.25, 0.3) is 0 Å². The van der Waals surface area contributed by atoms with E-state index in [9.17, 15) is 4.79 Å². The monoisotopic (exact) mass is 399 g/mol. The molecule has 2 aromatic heterocycles. The Morgan fingerprint density at radius 3 is 2.65 bits per heavy atom. The minimum atomic E-state index is 0. The van der Waals surface area contributed by atoms with E-state index in [0.717, 1.165) is 32.5 Å². The van der Waals surface area contributed by atoms with Crippen LogP contribution in [-0.4, -0.2) is 33.8 Å². The first-order valence-corrected chi connectivity index (χ1v) is 8.72. The van der Waals surface area contributed by atoms with Crippen molar-refractivity contribution in [1.29, 1.82) is 0 Å². The number of rotatable bonds is 7. The highest BCUT2D eigenvalue weighted by molar-refractivity contribution is 5.89. The molecule has 8 heteroatoms. The fourth-order valence-electron chi connectivity index (χ4n) is 3.06. The maximum atomic E-state index is 12.1. The van der Waals surface area contributed by atoms with Crippen molar-refractivity contribution >= 4 is 36.5 Å². The van der Waals surface area contributed by atoms with Crippen LogP contribution >= 0.6 is 24.8 Å². The molecule has 1 fully saturated rings. The van der Waals surface area contributed by atoms with Gasteiger partial charge in [0.05, 0.1) is 0 Å². The van der Waals surface area contributed by atoms with E-state index in [-0.39, 0.29) is 30.7 Å². The highest BCUT2D eigenvalue weighted by Gasteiger charge is 2.14. The maximum absolute atomic E-state index is 12.1. The zero-order valence-electron chi connectivity index (χ0n) is 14.8. The van der Waals surface area contributed by atoms with Crippen molar-refractivity contribution in [3.8, 4) is 0 Å². The van der Waals surface area contributed by atoms with Gasteiger partial charge < -0.3 is 10.6 Å². The molecule has 3 heterocycles. The fourth-order valence-corrected chi connectivity index (χ4v) is 3.06. The Kier molecular flexibility index (Phi) is 10.2. The smallest absolute Gasteiger partial charge is 0.225 e. The Labute approximate surface area is 167 Å². The summed E-state index contributed by atoms with van der Waals surface area (Å²) < 4.78 is 1.86. The van der Waals surface area contributed by atoms with E-state index in [4.69, 9.17) is 0 Å². The van der Waals surface area contributed by atoms with Gasteiger partial charge in [-0.3, -0.25) is 14.5 Å². The minimum Gasteiger partial charge on any atom is -0.317 e. The third-order valence-corrected chi connectivity index (χ3v) is 4.53. The van der Waals surface area contributed by atoms with Gasteiger partial charge in [0.1, 0.15) is 0 Å². The van der Waals surface area contributed by atoms with Gasteiger partial charge in [-0.25, -0.2) is 0 Å². The number of anilines is 1. The molecule has 6 nitrogen and oxygen atoms in total. The van der Waals surface area contributed by atoms with Crippen LogP contribution in [0.2, 0.25) is 0 Å². The first kappa shape index (κ1) is 22.4. The van der Waals surface area contributed by atoms with Gasteiger partial charge in [-0.1, -0.05) is 0 Å². The molecule has 0 bridgehead atoms. The van der Waals surface area contributed by atoms with Gasteiger partial charge in [0.25, 0.3) is 0 Å². The molecule has 0 unspecified atom stereocenters. The summed E-state index contributed by atoms with van der Waals surface area (Å²) in [6, 6.07) is 5.87. The van der Waals surface area contributed by atoms with E-state index < -0.39 is 0 Å². The van der Waals surface area contributed by atoms with Gasteiger partial charge >= 0.3 is 0 Å². The second-order valence-corrected chi connectivity index (χ2v) is 6.35. The van der Waals surface area contributed by atoms with Crippen LogP contribution in [-0.2, 0) is 17.8 Å². The summed E-state index contributed by atoms with van der Waals surface area (Å²) in [4.78, 5) is 16.1. The lowest BCUT2D eigenvalue weighted by atomic mass is 9.93. The van der Waals surface area contributed by atoms with Crippen molar-refractivity contribution < 1.29 is 4.79 Å². The highest BCUT2D eigenvalue weighted by Crippen LogP contribution is 2.18. The largest absolute Gasteiger partial charge is 0.317 e. The van der Waals surface area contributed by atoms with Gasteiger partial charge in [0, 0.05) is 37.6 Å². The van der Waals surface area contributed by atoms with Gasteiger partial charge in [0.2, 0.25) is 5.91 Å². The lowest BCUT2D eigenvalue weighted by Gasteiger charge is -2.21. The molecule has 2 N–H and O–H groups in total. The Bertz CT molecular complexity index is 644. The Morgan fingerprint density at radius 2 is 1.92 bits per heavy atom. The Balaban J connectivity index is 0.00000169. The molecule has 3 rings (SSSR count). The SMILES string of the molecule is Cl.Cl.O=C(CCC1CCNCC1)Nc1ccn(CCc2ccncc2)n1. The molecule has 0 atom stereocenters.